The second-order valence-electron chi connectivity index (χ2n) is 7.08. The van der Waals surface area contributed by atoms with Gasteiger partial charge in [0.2, 0.25) is 0 Å². The van der Waals surface area contributed by atoms with Gasteiger partial charge in [0.25, 0.3) is 0 Å². The third-order valence-corrected chi connectivity index (χ3v) is 6.76. The number of ether oxygens (including phenoxy) is 1. The van der Waals surface area contributed by atoms with E-state index in [0.717, 1.165) is 40.7 Å². The first-order chi connectivity index (χ1) is 13.6. The molecule has 1 fully saturated rings. The quantitative estimate of drug-likeness (QED) is 0.473. The number of anilines is 1. The van der Waals surface area contributed by atoms with Crippen molar-refractivity contribution in [3.05, 3.63) is 64.3 Å². The molecule has 4 aromatic rings. The lowest BCUT2D eigenvalue weighted by Gasteiger charge is -2.15. The minimum Gasteiger partial charge on any atom is -0.380 e. The van der Waals surface area contributed by atoms with Crippen LogP contribution in [-0.2, 0) is 4.74 Å². The fourth-order valence-corrected chi connectivity index (χ4v) is 5.31. The minimum absolute atomic E-state index is 0.0567. The van der Waals surface area contributed by atoms with E-state index in [1.807, 2.05) is 18.2 Å². The summed E-state index contributed by atoms with van der Waals surface area (Å²) in [6.07, 6.45) is 1.09. The number of benzene rings is 2. The Hall–Kier alpha value is -2.57. The number of methoxy groups -OCH3 is 1. The molecule has 142 valence electrons. The van der Waals surface area contributed by atoms with E-state index in [1.165, 1.54) is 17.4 Å². The number of hydrogen-bond acceptors (Lipinski definition) is 4. The topological polar surface area (TPSA) is 29.5 Å². The van der Waals surface area contributed by atoms with Crippen molar-refractivity contribution in [2.75, 3.05) is 25.1 Å². The number of nitrogens with zero attached hydrogens (tertiary/aromatic N) is 1. The standard InChI is InChI=1S/C22H17F2NO2S/c1-27-12-8-9-25(11-12)18-10-16-19-15(6-7-17(23)20(19)24)21(26)13-4-2-3-5-14(13)22(16)28-18/h2-7,10,12H,8-9,11H2,1H3/t12-/m0/s1. The van der Waals surface area contributed by atoms with Gasteiger partial charge in [0.1, 0.15) is 0 Å². The van der Waals surface area contributed by atoms with Crippen molar-refractivity contribution in [3.8, 4) is 0 Å². The fourth-order valence-electron chi connectivity index (χ4n) is 4.07. The molecule has 3 aromatic carbocycles. The molecule has 0 saturated carbocycles. The van der Waals surface area contributed by atoms with Gasteiger partial charge >= 0.3 is 0 Å². The Morgan fingerprint density at radius 3 is 2.61 bits per heavy atom. The Morgan fingerprint density at radius 2 is 1.86 bits per heavy atom. The van der Waals surface area contributed by atoms with Crippen molar-refractivity contribution < 1.29 is 13.5 Å². The third kappa shape index (κ3) is 2.52. The van der Waals surface area contributed by atoms with Gasteiger partial charge in [-0.3, -0.25) is 4.79 Å². The maximum atomic E-state index is 14.9. The van der Waals surface area contributed by atoms with E-state index >= 15 is 0 Å². The summed E-state index contributed by atoms with van der Waals surface area (Å²) >= 11 is 1.51. The van der Waals surface area contributed by atoms with Crippen LogP contribution in [0.25, 0.3) is 31.6 Å². The zero-order chi connectivity index (χ0) is 19.4. The zero-order valence-electron chi connectivity index (χ0n) is 15.2. The number of thiophene rings is 1. The van der Waals surface area contributed by atoms with E-state index in [0.29, 0.717) is 10.8 Å². The molecule has 2 heterocycles. The molecule has 0 spiro atoms. The summed E-state index contributed by atoms with van der Waals surface area (Å²) in [5, 5.41) is 3.08. The Labute approximate surface area is 163 Å². The van der Waals surface area contributed by atoms with Crippen LogP contribution in [0.4, 0.5) is 13.8 Å². The molecule has 0 aliphatic carbocycles. The maximum absolute atomic E-state index is 14.9. The Balaban J connectivity index is 1.93. The Kier molecular flexibility index (Phi) is 4.07. The van der Waals surface area contributed by atoms with Crippen molar-refractivity contribution >= 4 is 48.0 Å². The highest BCUT2D eigenvalue weighted by atomic mass is 32.1. The van der Waals surface area contributed by atoms with Gasteiger partial charge < -0.3 is 9.64 Å². The fraction of sp³-hybridized carbons (Fsp3) is 0.227. The highest BCUT2D eigenvalue weighted by Crippen LogP contribution is 2.41. The highest BCUT2D eigenvalue weighted by Gasteiger charge is 2.25. The van der Waals surface area contributed by atoms with E-state index in [4.69, 9.17) is 4.74 Å². The molecule has 1 aliphatic heterocycles. The lowest BCUT2D eigenvalue weighted by atomic mass is 10.1. The van der Waals surface area contributed by atoms with Crippen molar-refractivity contribution in [1.29, 1.82) is 0 Å². The smallest absolute Gasteiger partial charge is 0.194 e. The van der Waals surface area contributed by atoms with Crippen LogP contribution in [0.2, 0.25) is 0 Å². The number of rotatable bonds is 2. The molecule has 0 unspecified atom stereocenters. The van der Waals surface area contributed by atoms with E-state index in [1.54, 1.807) is 19.2 Å². The molecule has 3 nitrogen and oxygen atoms in total. The molecule has 28 heavy (non-hydrogen) atoms. The molecule has 1 aliphatic rings. The van der Waals surface area contributed by atoms with Crippen LogP contribution in [0.15, 0.2) is 47.3 Å². The third-order valence-electron chi connectivity index (χ3n) is 5.53. The molecule has 1 aromatic heterocycles. The molecule has 1 saturated heterocycles. The predicted molar refractivity (Wildman–Crippen MR) is 111 cm³/mol. The van der Waals surface area contributed by atoms with Gasteiger partial charge in [0, 0.05) is 51.8 Å². The van der Waals surface area contributed by atoms with Crippen LogP contribution in [0.3, 0.4) is 0 Å². The second kappa shape index (κ2) is 6.50. The summed E-state index contributed by atoms with van der Waals surface area (Å²) in [6.45, 7) is 1.60. The average molecular weight is 397 g/mol. The molecule has 0 radical (unpaired) electrons. The van der Waals surface area contributed by atoms with Gasteiger partial charge in [-0.25, -0.2) is 8.78 Å². The summed E-state index contributed by atoms with van der Waals surface area (Å²) in [5.41, 5.74) is -0.282. The van der Waals surface area contributed by atoms with Crippen LogP contribution in [0.1, 0.15) is 6.42 Å². The molecule has 1 atom stereocenters. The monoisotopic (exact) mass is 397 g/mol. The van der Waals surface area contributed by atoms with Gasteiger partial charge in [-0.05, 0) is 24.6 Å². The first-order valence-corrected chi connectivity index (χ1v) is 9.94. The van der Waals surface area contributed by atoms with Gasteiger partial charge in [-0.2, -0.15) is 0 Å². The second-order valence-corrected chi connectivity index (χ2v) is 8.11. The molecule has 0 bridgehead atoms. The molecule has 0 N–H and O–H groups in total. The lowest BCUT2D eigenvalue weighted by Crippen LogP contribution is -2.21. The largest absolute Gasteiger partial charge is 0.380 e. The number of fused-ring (bicyclic) bond motifs is 5. The van der Waals surface area contributed by atoms with Crippen molar-refractivity contribution in [3.63, 3.8) is 0 Å². The summed E-state index contributed by atoms with van der Waals surface area (Å²) < 4.78 is 35.2. The molecular formula is C22H17F2NO2S. The summed E-state index contributed by atoms with van der Waals surface area (Å²) in [4.78, 5) is 15.3. The zero-order valence-corrected chi connectivity index (χ0v) is 16.0. The van der Waals surface area contributed by atoms with Crippen molar-refractivity contribution in [1.82, 2.24) is 0 Å². The van der Waals surface area contributed by atoms with E-state index in [2.05, 4.69) is 4.90 Å². The lowest BCUT2D eigenvalue weighted by molar-refractivity contribution is 0.121. The van der Waals surface area contributed by atoms with Crippen LogP contribution >= 0.6 is 11.3 Å². The average Bonchev–Trinajstić information content (AvgIpc) is 3.34. The van der Waals surface area contributed by atoms with E-state index < -0.39 is 11.6 Å². The van der Waals surface area contributed by atoms with E-state index in [-0.39, 0.29) is 22.3 Å². The Morgan fingerprint density at radius 1 is 1.07 bits per heavy atom. The van der Waals surface area contributed by atoms with Crippen molar-refractivity contribution in [2.24, 2.45) is 0 Å². The highest BCUT2D eigenvalue weighted by molar-refractivity contribution is 7.23. The molecule has 0 amide bonds. The van der Waals surface area contributed by atoms with Gasteiger partial charge in [-0.1, -0.05) is 24.3 Å². The van der Waals surface area contributed by atoms with Crippen LogP contribution in [0.5, 0.6) is 0 Å². The summed E-state index contributed by atoms with van der Waals surface area (Å²) in [7, 11) is 1.70. The predicted octanol–water partition coefficient (Wildman–Crippen LogP) is 5.07. The maximum Gasteiger partial charge on any atom is 0.194 e. The molecular weight excluding hydrogens is 380 g/mol. The van der Waals surface area contributed by atoms with Crippen molar-refractivity contribution in [2.45, 2.75) is 12.5 Å². The number of hydrogen-bond donors (Lipinski definition) is 0. The van der Waals surface area contributed by atoms with E-state index in [9.17, 15) is 13.6 Å². The SMILES string of the molecule is CO[C@H]1CCN(c2cc3c(s2)c2ccccc2c(=O)c2ccc(F)c(F)c23)C1. The van der Waals surface area contributed by atoms with Crippen LogP contribution in [-0.4, -0.2) is 26.3 Å². The van der Waals surface area contributed by atoms with Gasteiger partial charge in [-0.15, -0.1) is 11.3 Å². The first kappa shape index (κ1) is 17.5. The minimum atomic E-state index is -0.972. The molecule has 5 rings (SSSR count). The Bertz CT molecular complexity index is 1300. The normalized spacial score (nSPS) is 17.2. The van der Waals surface area contributed by atoms with Crippen LogP contribution < -0.4 is 10.3 Å². The summed E-state index contributed by atoms with van der Waals surface area (Å²) in [5.74, 6) is -1.92. The van der Waals surface area contributed by atoms with Gasteiger partial charge in [0.15, 0.2) is 17.1 Å². The van der Waals surface area contributed by atoms with Gasteiger partial charge in [0.05, 0.1) is 11.1 Å². The van der Waals surface area contributed by atoms with Crippen LogP contribution in [0, 0.1) is 11.6 Å². The number of halogens is 2. The summed E-state index contributed by atoms with van der Waals surface area (Å²) in [6, 6.07) is 11.6. The first-order valence-electron chi connectivity index (χ1n) is 9.12. The molecule has 6 heteroatoms.